The Hall–Kier alpha value is -1.22. The van der Waals surface area contributed by atoms with E-state index < -0.39 is 0 Å². The number of methoxy groups -OCH3 is 1. The van der Waals surface area contributed by atoms with Crippen molar-refractivity contribution in [3.05, 3.63) is 23.8 Å². The van der Waals surface area contributed by atoms with Crippen molar-refractivity contribution < 1.29 is 9.47 Å². The van der Waals surface area contributed by atoms with E-state index in [1.54, 1.807) is 7.11 Å². The predicted molar refractivity (Wildman–Crippen MR) is 101 cm³/mol. The Morgan fingerprint density at radius 3 is 2.50 bits per heavy atom. The van der Waals surface area contributed by atoms with E-state index >= 15 is 0 Å². The summed E-state index contributed by atoms with van der Waals surface area (Å²) in [5, 5.41) is 0. The molecule has 1 aliphatic carbocycles. The molecule has 0 aromatic heterocycles. The van der Waals surface area contributed by atoms with Gasteiger partial charge in [-0.15, -0.1) is 0 Å². The van der Waals surface area contributed by atoms with Gasteiger partial charge in [-0.1, -0.05) is 46.0 Å². The third-order valence-electron chi connectivity index (χ3n) is 5.37. The molecule has 0 aliphatic heterocycles. The van der Waals surface area contributed by atoms with E-state index in [0.29, 0.717) is 0 Å². The minimum Gasteiger partial charge on any atom is -0.497 e. The molecule has 0 radical (unpaired) electrons. The van der Waals surface area contributed by atoms with Crippen LogP contribution in [-0.4, -0.2) is 38.3 Å². The highest BCUT2D eigenvalue weighted by molar-refractivity contribution is 5.40. The summed E-state index contributed by atoms with van der Waals surface area (Å²) in [7, 11) is 1.74. The Kier molecular flexibility index (Phi) is 8.44. The highest BCUT2D eigenvalue weighted by Crippen LogP contribution is 2.31. The lowest BCUT2D eigenvalue weighted by Gasteiger charge is -2.22. The van der Waals surface area contributed by atoms with Gasteiger partial charge in [0.25, 0.3) is 0 Å². The number of likely N-dealkylation sites (N-methyl/N-ethyl adjacent to an activating group) is 1. The smallest absolute Gasteiger partial charge is 0.122 e. The zero-order valence-electron chi connectivity index (χ0n) is 15.9. The van der Waals surface area contributed by atoms with Gasteiger partial charge < -0.3 is 14.4 Å². The highest BCUT2D eigenvalue weighted by Gasteiger charge is 2.15. The molecule has 1 saturated carbocycles. The standard InChI is InChI=1S/C21H35NO2/c1-4-22(5-2)15-16-24-21-14-13-20(23-3)17-19(21)12-11-18-9-7-6-8-10-18/h13-14,17-18H,4-12,15-16H2,1-3H3. The van der Waals surface area contributed by atoms with Crippen molar-refractivity contribution in [3.63, 3.8) is 0 Å². The Morgan fingerprint density at radius 1 is 1.08 bits per heavy atom. The van der Waals surface area contributed by atoms with Crippen LogP contribution in [0.25, 0.3) is 0 Å². The second kappa shape index (κ2) is 10.6. The molecule has 0 spiro atoms. The van der Waals surface area contributed by atoms with Crippen molar-refractivity contribution in [1.82, 2.24) is 4.90 Å². The molecule has 136 valence electrons. The van der Waals surface area contributed by atoms with Crippen LogP contribution in [0.5, 0.6) is 11.5 Å². The minimum atomic E-state index is 0.754. The van der Waals surface area contributed by atoms with Crippen molar-refractivity contribution in [2.45, 2.75) is 58.8 Å². The number of ether oxygens (including phenoxy) is 2. The fourth-order valence-electron chi connectivity index (χ4n) is 3.68. The first-order chi connectivity index (χ1) is 11.8. The molecule has 0 amide bonds. The van der Waals surface area contributed by atoms with Crippen LogP contribution in [0, 0.1) is 5.92 Å². The van der Waals surface area contributed by atoms with Gasteiger partial charge in [-0.05, 0) is 55.6 Å². The van der Waals surface area contributed by atoms with E-state index in [2.05, 4.69) is 30.9 Å². The van der Waals surface area contributed by atoms with Crippen molar-refractivity contribution in [2.75, 3.05) is 33.4 Å². The van der Waals surface area contributed by atoms with E-state index in [1.807, 2.05) is 6.07 Å². The monoisotopic (exact) mass is 333 g/mol. The zero-order chi connectivity index (χ0) is 17.2. The van der Waals surface area contributed by atoms with Crippen LogP contribution in [0.1, 0.15) is 57.9 Å². The van der Waals surface area contributed by atoms with Gasteiger partial charge in [0.15, 0.2) is 0 Å². The average Bonchev–Trinajstić information content (AvgIpc) is 2.65. The van der Waals surface area contributed by atoms with Crippen LogP contribution in [0.3, 0.4) is 0 Å². The summed E-state index contributed by atoms with van der Waals surface area (Å²) >= 11 is 0. The van der Waals surface area contributed by atoms with E-state index in [0.717, 1.165) is 50.1 Å². The van der Waals surface area contributed by atoms with E-state index in [-0.39, 0.29) is 0 Å². The Labute approximate surface area is 148 Å². The number of aryl methyl sites for hydroxylation is 1. The summed E-state index contributed by atoms with van der Waals surface area (Å²) in [5.41, 5.74) is 1.31. The largest absolute Gasteiger partial charge is 0.497 e. The molecule has 0 saturated heterocycles. The Morgan fingerprint density at radius 2 is 1.83 bits per heavy atom. The predicted octanol–water partition coefficient (Wildman–Crippen LogP) is 4.93. The second-order valence-electron chi connectivity index (χ2n) is 6.89. The molecule has 24 heavy (non-hydrogen) atoms. The molecular formula is C21H35NO2. The molecule has 0 unspecified atom stereocenters. The van der Waals surface area contributed by atoms with Crippen molar-refractivity contribution >= 4 is 0 Å². The molecule has 1 aromatic rings. The van der Waals surface area contributed by atoms with Crippen LogP contribution >= 0.6 is 0 Å². The second-order valence-corrected chi connectivity index (χ2v) is 6.89. The van der Waals surface area contributed by atoms with Crippen molar-refractivity contribution in [2.24, 2.45) is 5.92 Å². The zero-order valence-corrected chi connectivity index (χ0v) is 15.9. The van der Waals surface area contributed by atoms with Gasteiger partial charge in [0.2, 0.25) is 0 Å². The molecule has 0 atom stereocenters. The first-order valence-corrected chi connectivity index (χ1v) is 9.78. The van der Waals surface area contributed by atoms with Gasteiger partial charge in [0.05, 0.1) is 7.11 Å². The first kappa shape index (κ1) is 19.1. The maximum atomic E-state index is 6.11. The Balaban J connectivity index is 1.92. The number of rotatable bonds is 10. The fraction of sp³-hybridized carbons (Fsp3) is 0.714. The summed E-state index contributed by atoms with van der Waals surface area (Å²) < 4.78 is 11.5. The number of nitrogens with zero attached hydrogens (tertiary/aromatic N) is 1. The maximum Gasteiger partial charge on any atom is 0.122 e. The van der Waals surface area contributed by atoms with Gasteiger partial charge in [-0.2, -0.15) is 0 Å². The number of hydrogen-bond acceptors (Lipinski definition) is 3. The summed E-state index contributed by atoms with van der Waals surface area (Å²) in [6.45, 7) is 8.30. The summed E-state index contributed by atoms with van der Waals surface area (Å²) in [5.74, 6) is 2.87. The van der Waals surface area contributed by atoms with Gasteiger partial charge >= 0.3 is 0 Å². The number of hydrogen-bond donors (Lipinski definition) is 0. The van der Waals surface area contributed by atoms with Gasteiger partial charge in [0.1, 0.15) is 18.1 Å². The lowest BCUT2D eigenvalue weighted by Crippen LogP contribution is -2.28. The molecule has 2 rings (SSSR count). The molecule has 3 heteroatoms. The summed E-state index contributed by atoms with van der Waals surface area (Å²) in [4.78, 5) is 2.39. The molecule has 0 bridgehead atoms. The summed E-state index contributed by atoms with van der Waals surface area (Å²) in [6, 6.07) is 6.25. The minimum absolute atomic E-state index is 0.754. The summed E-state index contributed by atoms with van der Waals surface area (Å²) in [6.07, 6.45) is 9.44. The lowest BCUT2D eigenvalue weighted by atomic mass is 9.85. The van der Waals surface area contributed by atoms with Crippen molar-refractivity contribution in [3.8, 4) is 11.5 Å². The van der Waals surface area contributed by atoms with Gasteiger partial charge in [-0.3, -0.25) is 0 Å². The lowest BCUT2D eigenvalue weighted by molar-refractivity contribution is 0.221. The van der Waals surface area contributed by atoms with Gasteiger partial charge in [-0.25, -0.2) is 0 Å². The molecule has 0 heterocycles. The van der Waals surface area contributed by atoms with E-state index in [9.17, 15) is 0 Å². The third-order valence-corrected chi connectivity index (χ3v) is 5.37. The Bertz CT molecular complexity index is 465. The molecular weight excluding hydrogens is 298 g/mol. The first-order valence-electron chi connectivity index (χ1n) is 9.78. The maximum absolute atomic E-state index is 6.11. The topological polar surface area (TPSA) is 21.7 Å². The SMILES string of the molecule is CCN(CC)CCOc1ccc(OC)cc1CCC1CCCCC1. The molecule has 1 aliphatic rings. The van der Waals surface area contributed by atoms with Crippen LogP contribution in [-0.2, 0) is 6.42 Å². The third kappa shape index (κ3) is 6.01. The number of benzene rings is 1. The molecule has 0 N–H and O–H groups in total. The van der Waals surface area contributed by atoms with E-state index in [1.165, 1.54) is 44.1 Å². The van der Waals surface area contributed by atoms with Crippen molar-refractivity contribution in [1.29, 1.82) is 0 Å². The van der Waals surface area contributed by atoms with Crippen LogP contribution in [0.15, 0.2) is 18.2 Å². The fourth-order valence-corrected chi connectivity index (χ4v) is 3.68. The quantitative estimate of drug-likeness (QED) is 0.606. The highest BCUT2D eigenvalue weighted by atomic mass is 16.5. The van der Waals surface area contributed by atoms with Crippen LogP contribution in [0.4, 0.5) is 0 Å². The molecule has 1 fully saturated rings. The van der Waals surface area contributed by atoms with E-state index in [4.69, 9.17) is 9.47 Å². The van der Waals surface area contributed by atoms with Gasteiger partial charge in [0, 0.05) is 6.54 Å². The molecule has 1 aromatic carbocycles. The average molecular weight is 334 g/mol. The van der Waals surface area contributed by atoms with Crippen LogP contribution < -0.4 is 9.47 Å². The van der Waals surface area contributed by atoms with Crippen LogP contribution in [0.2, 0.25) is 0 Å². The normalized spacial score (nSPS) is 15.7. The molecule has 3 nitrogen and oxygen atoms in total.